The van der Waals surface area contributed by atoms with Crippen LogP contribution < -0.4 is 10.6 Å². The number of imidazole rings is 1. The molecule has 7 nitrogen and oxygen atoms in total. The number of aromatic nitrogens is 3. The average Bonchev–Trinajstić information content (AvgIpc) is 3.33. The summed E-state index contributed by atoms with van der Waals surface area (Å²) >= 11 is 0. The lowest BCUT2D eigenvalue weighted by atomic mass is 10.1. The number of hydrogen-bond donors (Lipinski definition) is 2. The normalized spacial score (nSPS) is 12.5. The maximum absolute atomic E-state index is 5.93. The van der Waals surface area contributed by atoms with Gasteiger partial charge in [0.25, 0.3) is 0 Å². The number of nitrogens with one attached hydrogen (secondary N) is 2. The lowest BCUT2D eigenvalue weighted by molar-refractivity contribution is 0.0646. The molecule has 0 radical (unpaired) electrons. The van der Waals surface area contributed by atoms with Gasteiger partial charge in [-0.15, -0.1) is 0 Å². The maximum atomic E-state index is 5.93. The Morgan fingerprint density at radius 2 is 2.03 bits per heavy atom. The number of ether oxygens (including phenoxy) is 1. The number of aliphatic imine (C=N–C) groups is 1. The summed E-state index contributed by atoms with van der Waals surface area (Å²) in [6.07, 6.45) is 8.20. The first-order valence-corrected chi connectivity index (χ1v) is 10.4. The van der Waals surface area contributed by atoms with Crippen LogP contribution in [0.15, 0.2) is 72.4 Å². The highest BCUT2D eigenvalue weighted by atomic mass is 16.5. The van der Waals surface area contributed by atoms with E-state index in [9.17, 15) is 0 Å². The summed E-state index contributed by atoms with van der Waals surface area (Å²) in [6.45, 7) is 7.01. The summed E-state index contributed by atoms with van der Waals surface area (Å²) in [4.78, 5) is 13.2. The van der Waals surface area contributed by atoms with Gasteiger partial charge in [-0.1, -0.05) is 36.4 Å². The fourth-order valence-corrected chi connectivity index (χ4v) is 2.93. The zero-order valence-corrected chi connectivity index (χ0v) is 17.7. The fraction of sp³-hybridized carbons (Fsp3) is 0.348. The molecule has 0 aliphatic heterocycles. The van der Waals surface area contributed by atoms with Gasteiger partial charge in [0.1, 0.15) is 12.1 Å². The van der Waals surface area contributed by atoms with Crippen LogP contribution in [-0.2, 0) is 11.3 Å². The van der Waals surface area contributed by atoms with Gasteiger partial charge >= 0.3 is 0 Å². The molecule has 2 aromatic heterocycles. The molecule has 0 fully saturated rings. The van der Waals surface area contributed by atoms with Crippen LogP contribution in [-0.4, -0.2) is 40.2 Å². The smallest absolute Gasteiger partial charge is 0.191 e. The Morgan fingerprint density at radius 1 is 1.17 bits per heavy atom. The molecule has 0 saturated carbocycles. The van der Waals surface area contributed by atoms with E-state index in [0.717, 1.165) is 36.9 Å². The third-order valence-corrected chi connectivity index (χ3v) is 4.59. The minimum Gasteiger partial charge on any atom is -0.374 e. The van der Waals surface area contributed by atoms with E-state index in [0.29, 0.717) is 13.2 Å². The summed E-state index contributed by atoms with van der Waals surface area (Å²) in [5.74, 6) is 1.64. The van der Waals surface area contributed by atoms with Crippen molar-refractivity contribution in [1.29, 1.82) is 0 Å². The van der Waals surface area contributed by atoms with Crippen molar-refractivity contribution in [1.82, 2.24) is 25.2 Å². The first-order chi connectivity index (χ1) is 14.8. The number of rotatable bonds is 10. The van der Waals surface area contributed by atoms with Crippen LogP contribution >= 0.6 is 0 Å². The van der Waals surface area contributed by atoms with Crippen LogP contribution in [0.4, 0.5) is 0 Å². The van der Waals surface area contributed by atoms with E-state index in [1.165, 1.54) is 5.56 Å². The number of pyridine rings is 1. The molecular formula is C23H30N6O. The Kier molecular flexibility index (Phi) is 8.41. The predicted molar refractivity (Wildman–Crippen MR) is 120 cm³/mol. The highest BCUT2D eigenvalue weighted by molar-refractivity contribution is 5.79. The second-order valence-electron chi connectivity index (χ2n) is 6.89. The Bertz CT molecular complexity index is 878. The molecule has 0 bridgehead atoms. The van der Waals surface area contributed by atoms with E-state index in [1.807, 2.05) is 47.3 Å². The number of guanidine groups is 1. The van der Waals surface area contributed by atoms with Crippen molar-refractivity contribution in [2.45, 2.75) is 32.9 Å². The standard InChI is InChI=1S/C23H30N6O/c1-3-25-23(26-12-7-15-30-19(2)21-8-5-4-6-9-21)28-17-20-10-11-22(27-16-20)29-14-13-24-18-29/h4-6,8-11,13-14,16,18-19H,3,7,12,15,17H2,1-2H3,(H2,25,26,28). The van der Waals surface area contributed by atoms with Gasteiger partial charge in [0.2, 0.25) is 0 Å². The van der Waals surface area contributed by atoms with Crippen LogP contribution in [0.5, 0.6) is 0 Å². The lowest BCUT2D eigenvalue weighted by Gasteiger charge is -2.14. The molecule has 158 valence electrons. The van der Waals surface area contributed by atoms with Gasteiger partial charge in [0.15, 0.2) is 5.96 Å². The van der Waals surface area contributed by atoms with E-state index in [1.54, 1.807) is 12.5 Å². The summed E-state index contributed by atoms with van der Waals surface area (Å²) in [6, 6.07) is 14.3. The third-order valence-electron chi connectivity index (χ3n) is 4.59. The van der Waals surface area contributed by atoms with E-state index >= 15 is 0 Å². The van der Waals surface area contributed by atoms with Gasteiger partial charge in [-0.3, -0.25) is 4.57 Å². The van der Waals surface area contributed by atoms with Crippen LogP contribution in [0.1, 0.15) is 37.5 Å². The summed E-state index contributed by atoms with van der Waals surface area (Å²) in [5.41, 5.74) is 2.25. The zero-order valence-electron chi connectivity index (χ0n) is 17.7. The molecule has 0 saturated heterocycles. The molecule has 3 rings (SSSR count). The summed E-state index contributed by atoms with van der Waals surface area (Å²) < 4.78 is 7.80. The Balaban J connectivity index is 1.42. The largest absolute Gasteiger partial charge is 0.374 e. The SMILES string of the molecule is CCNC(=NCc1ccc(-n2ccnc2)nc1)NCCCOC(C)c1ccccc1. The molecule has 2 N–H and O–H groups in total. The van der Waals surface area contributed by atoms with Gasteiger partial charge < -0.3 is 15.4 Å². The molecule has 0 amide bonds. The number of nitrogens with zero attached hydrogens (tertiary/aromatic N) is 4. The fourth-order valence-electron chi connectivity index (χ4n) is 2.93. The molecule has 3 aromatic rings. The van der Waals surface area contributed by atoms with Crippen molar-refractivity contribution in [3.63, 3.8) is 0 Å². The summed E-state index contributed by atoms with van der Waals surface area (Å²) in [7, 11) is 0. The molecule has 1 unspecified atom stereocenters. The molecule has 30 heavy (non-hydrogen) atoms. The van der Waals surface area contributed by atoms with Crippen molar-refractivity contribution in [3.8, 4) is 5.82 Å². The van der Waals surface area contributed by atoms with Crippen molar-refractivity contribution < 1.29 is 4.74 Å². The second kappa shape index (κ2) is 11.7. The molecule has 7 heteroatoms. The highest BCUT2D eigenvalue weighted by Gasteiger charge is 2.04. The van der Waals surface area contributed by atoms with Gasteiger partial charge in [-0.05, 0) is 37.5 Å². The minimum absolute atomic E-state index is 0.103. The molecular weight excluding hydrogens is 376 g/mol. The lowest BCUT2D eigenvalue weighted by Crippen LogP contribution is -2.38. The van der Waals surface area contributed by atoms with Crippen LogP contribution in [0, 0.1) is 0 Å². The monoisotopic (exact) mass is 406 g/mol. The molecule has 1 aromatic carbocycles. The third kappa shape index (κ3) is 6.70. The Morgan fingerprint density at radius 3 is 2.73 bits per heavy atom. The zero-order chi connectivity index (χ0) is 21.0. The van der Waals surface area contributed by atoms with Crippen molar-refractivity contribution in [2.24, 2.45) is 4.99 Å². The van der Waals surface area contributed by atoms with E-state index < -0.39 is 0 Å². The predicted octanol–water partition coefficient (Wildman–Crippen LogP) is 3.49. The minimum atomic E-state index is 0.103. The first kappa shape index (κ1) is 21.5. The second-order valence-corrected chi connectivity index (χ2v) is 6.89. The van der Waals surface area contributed by atoms with Gasteiger partial charge in [0, 0.05) is 38.3 Å². The van der Waals surface area contributed by atoms with Gasteiger partial charge in [-0.25, -0.2) is 15.0 Å². The van der Waals surface area contributed by atoms with Crippen LogP contribution in [0.3, 0.4) is 0 Å². The van der Waals surface area contributed by atoms with Gasteiger partial charge in [0.05, 0.1) is 12.6 Å². The Labute approximate surface area is 178 Å². The topological polar surface area (TPSA) is 76.4 Å². The Hall–Kier alpha value is -3.19. The average molecular weight is 407 g/mol. The van der Waals surface area contributed by atoms with E-state index in [2.05, 4.69) is 51.6 Å². The van der Waals surface area contributed by atoms with E-state index in [4.69, 9.17) is 4.74 Å². The molecule has 0 spiro atoms. The number of benzene rings is 1. The van der Waals surface area contributed by atoms with Gasteiger partial charge in [-0.2, -0.15) is 0 Å². The van der Waals surface area contributed by atoms with E-state index in [-0.39, 0.29) is 6.10 Å². The summed E-state index contributed by atoms with van der Waals surface area (Å²) in [5, 5.41) is 6.64. The highest BCUT2D eigenvalue weighted by Crippen LogP contribution is 2.15. The molecule has 0 aliphatic rings. The quantitative estimate of drug-likeness (QED) is 0.306. The first-order valence-electron chi connectivity index (χ1n) is 10.4. The molecule has 1 atom stereocenters. The van der Waals surface area contributed by atoms with Crippen LogP contribution in [0.25, 0.3) is 5.82 Å². The maximum Gasteiger partial charge on any atom is 0.191 e. The van der Waals surface area contributed by atoms with Crippen molar-refractivity contribution in [3.05, 3.63) is 78.5 Å². The molecule has 2 heterocycles. The van der Waals surface area contributed by atoms with Crippen LogP contribution in [0.2, 0.25) is 0 Å². The molecule has 0 aliphatic carbocycles. The number of hydrogen-bond acceptors (Lipinski definition) is 4. The van der Waals surface area contributed by atoms with Crippen molar-refractivity contribution in [2.75, 3.05) is 19.7 Å². The van der Waals surface area contributed by atoms with Crippen molar-refractivity contribution >= 4 is 5.96 Å².